The molecule has 1 fully saturated rings. The number of nitrogens with one attached hydrogen (secondary N) is 1. The lowest BCUT2D eigenvalue weighted by Crippen LogP contribution is -2.49. The smallest absolute Gasteiger partial charge is 0.261 e. The number of hydrogen-bond acceptors (Lipinski definition) is 8. The van der Waals surface area contributed by atoms with Gasteiger partial charge in [0.05, 0.1) is 29.0 Å². The largest absolute Gasteiger partial charge is 0.497 e. The van der Waals surface area contributed by atoms with Gasteiger partial charge >= 0.3 is 0 Å². The van der Waals surface area contributed by atoms with Crippen molar-refractivity contribution in [2.75, 3.05) is 48.6 Å². The second-order valence-electron chi connectivity index (χ2n) is 10.3. The number of anilines is 3. The normalized spacial score (nSPS) is 13.5. The molecule has 1 aromatic heterocycles. The van der Waals surface area contributed by atoms with E-state index >= 15 is 0 Å². The summed E-state index contributed by atoms with van der Waals surface area (Å²) in [7, 11) is -2.60. The minimum atomic E-state index is -4.08. The Morgan fingerprint density at radius 3 is 2.23 bits per heavy atom. The maximum Gasteiger partial charge on any atom is 0.261 e. The van der Waals surface area contributed by atoms with Crippen molar-refractivity contribution in [3.8, 4) is 28.1 Å². The molecule has 1 aliphatic rings. The number of carbonyl (C=O) groups is 1. The third-order valence-electron chi connectivity index (χ3n) is 7.52. The Bertz CT molecular complexity index is 1890. The van der Waals surface area contributed by atoms with Gasteiger partial charge in [-0.2, -0.15) is 0 Å². The van der Waals surface area contributed by atoms with Crippen LogP contribution in [0.1, 0.15) is 10.4 Å². The van der Waals surface area contributed by atoms with Crippen LogP contribution in [0.15, 0.2) is 107 Å². The van der Waals surface area contributed by atoms with E-state index in [4.69, 9.17) is 15.5 Å². The number of aromatic nitrogens is 1. The van der Waals surface area contributed by atoms with Crippen LogP contribution in [-0.4, -0.2) is 57.5 Å². The summed E-state index contributed by atoms with van der Waals surface area (Å²) in [6, 6.07) is 28.9. The number of benzene rings is 4. The molecule has 11 heteroatoms. The summed E-state index contributed by atoms with van der Waals surface area (Å²) in [6.45, 7) is 2.15. The van der Waals surface area contributed by atoms with Gasteiger partial charge in [0.1, 0.15) is 5.75 Å². The van der Waals surface area contributed by atoms with E-state index < -0.39 is 10.0 Å². The Hall–Kier alpha value is -4.87. The Morgan fingerprint density at radius 1 is 0.886 bits per heavy atom. The van der Waals surface area contributed by atoms with Gasteiger partial charge in [-0.15, -0.1) is 11.3 Å². The molecule has 224 valence electrons. The van der Waals surface area contributed by atoms with Crippen molar-refractivity contribution in [3.63, 3.8) is 0 Å². The molecule has 2 heterocycles. The van der Waals surface area contributed by atoms with Gasteiger partial charge in [0.15, 0.2) is 5.13 Å². The number of sulfonamides is 1. The van der Waals surface area contributed by atoms with E-state index in [-0.39, 0.29) is 22.1 Å². The number of methoxy groups -OCH3 is 1. The third kappa shape index (κ3) is 6.10. The zero-order valence-electron chi connectivity index (χ0n) is 24.0. The fourth-order valence-electron chi connectivity index (χ4n) is 5.14. The van der Waals surface area contributed by atoms with Crippen molar-refractivity contribution in [2.45, 2.75) is 4.90 Å². The summed E-state index contributed by atoms with van der Waals surface area (Å²) < 4.78 is 35.0. The molecule has 0 aliphatic carbocycles. The molecule has 4 aromatic carbocycles. The monoisotopic (exact) mass is 625 g/mol. The predicted molar refractivity (Wildman–Crippen MR) is 176 cm³/mol. The van der Waals surface area contributed by atoms with Crippen LogP contribution < -0.4 is 20.1 Å². The fourth-order valence-corrected chi connectivity index (χ4v) is 7.13. The first-order valence-corrected chi connectivity index (χ1v) is 16.4. The fraction of sp³-hybridized carbons (Fsp3) is 0.152. The minimum Gasteiger partial charge on any atom is -0.497 e. The number of amides is 1. The molecule has 0 radical (unpaired) electrons. The van der Waals surface area contributed by atoms with E-state index in [1.165, 1.54) is 25.3 Å². The van der Waals surface area contributed by atoms with Gasteiger partial charge in [0.2, 0.25) is 0 Å². The van der Waals surface area contributed by atoms with Gasteiger partial charge in [0, 0.05) is 54.4 Å². The molecule has 1 aliphatic heterocycles. The first-order chi connectivity index (χ1) is 21.3. The number of ether oxygens (including phenoxy) is 1. The molecule has 1 saturated heterocycles. The molecule has 9 nitrogen and oxygen atoms in total. The Balaban J connectivity index is 1.18. The van der Waals surface area contributed by atoms with Gasteiger partial charge in [-0.25, -0.2) is 13.4 Å². The highest BCUT2D eigenvalue weighted by Gasteiger charge is 2.27. The van der Waals surface area contributed by atoms with E-state index in [0.717, 1.165) is 27.5 Å². The summed E-state index contributed by atoms with van der Waals surface area (Å²) in [5, 5.41) is 2.95. The first kappa shape index (κ1) is 29.2. The van der Waals surface area contributed by atoms with Gasteiger partial charge in [-0.3, -0.25) is 9.52 Å². The minimum absolute atomic E-state index is 0.0113. The van der Waals surface area contributed by atoms with Crippen molar-refractivity contribution < 1.29 is 17.9 Å². The van der Waals surface area contributed by atoms with Crippen molar-refractivity contribution in [1.29, 1.82) is 0 Å². The van der Waals surface area contributed by atoms with Crippen molar-refractivity contribution in [2.24, 2.45) is 0 Å². The van der Waals surface area contributed by atoms with E-state index in [2.05, 4.69) is 9.62 Å². The first-order valence-electron chi connectivity index (χ1n) is 14.0. The van der Waals surface area contributed by atoms with Gasteiger partial charge in [-0.05, 0) is 29.8 Å². The van der Waals surface area contributed by atoms with Crippen molar-refractivity contribution in [1.82, 2.24) is 9.88 Å². The number of nitrogens with two attached hydrogens (primary N) is 1. The van der Waals surface area contributed by atoms with Crippen LogP contribution in [0.4, 0.5) is 16.5 Å². The Kier molecular flexibility index (Phi) is 8.23. The summed E-state index contributed by atoms with van der Waals surface area (Å²) in [6.07, 6.45) is 0. The molecular formula is C33H31N5O4S2. The van der Waals surface area contributed by atoms with Crippen LogP contribution in [0.3, 0.4) is 0 Å². The maximum atomic E-state index is 13.7. The zero-order chi connectivity index (χ0) is 30.7. The molecule has 0 atom stereocenters. The highest BCUT2D eigenvalue weighted by Crippen LogP contribution is 2.32. The maximum absolute atomic E-state index is 13.7. The number of nitrogens with zero attached hydrogens (tertiary/aromatic N) is 3. The third-order valence-corrected chi connectivity index (χ3v) is 9.78. The standard InChI is InChI=1S/C33H31N5O4S2/c1-42-25-12-14-28(30(20-25)36-44(40,41)26-13-15-27(29(34)21-26)23-8-4-2-5-9-23)32(39)37-16-18-38(19-17-37)33-35-31(22-43-33)24-10-6-3-7-11-24/h2-15,20-22,36H,16-19,34H2,1H3. The molecule has 5 aromatic rings. The molecule has 0 bridgehead atoms. The topological polar surface area (TPSA) is 118 Å². The highest BCUT2D eigenvalue weighted by molar-refractivity contribution is 7.92. The number of hydrogen-bond donors (Lipinski definition) is 2. The van der Waals surface area contributed by atoms with Gasteiger partial charge in [-0.1, -0.05) is 66.7 Å². The van der Waals surface area contributed by atoms with E-state index in [0.29, 0.717) is 37.6 Å². The summed E-state index contributed by atoms with van der Waals surface area (Å²) in [4.78, 5) is 22.4. The molecule has 0 saturated carbocycles. The average molecular weight is 626 g/mol. The van der Waals surface area contributed by atoms with E-state index in [1.54, 1.807) is 34.4 Å². The van der Waals surface area contributed by atoms with E-state index in [1.807, 2.05) is 66.0 Å². The summed E-state index contributed by atoms with van der Waals surface area (Å²) >= 11 is 1.58. The van der Waals surface area contributed by atoms with Gasteiger partial charge in [0.25, 0.3) is 15.9 Å². The number of nitrogen functional groups attached to an aromatic ring is 1. The Morgan fingerprint density at radius 2 is 1.57 bits per heavy atom. The predicted octanol–water partition coefficient (Wildman–Crippen LogP) is 5.83. The van der Waals surface area contributed by atoms with E-state index in [9.17, 15) is 13.2 Å². The molecule has 0 spiro atoms. The summed E-state index contributed by atoms with van der Waals surface area (Å²) in [5.74, 6) is 0.147. The molecular weight excluding hydrogens is 595 g/mol. The lowest BCUT2D eigenvalue weighted by molar-refractivity contribution is 0.0748. The lowest BCUT2D eigenvalue weighted by atomic mass is 10.0. The quantitative estimate of drug-likeness (QED) is 0.208. The molecule has 1 amide bonds. The molecule has 6 rings (SSSR count). The lowest BCUT2D eigenvalue weighted by Gasteiger charge is -2.35. The summed E-state index contributed by atoms with van der Waals surface area (Å²) in [5.41, 5.74) is 10.6. The second-order valence-corrected chi connectivity index (χ2v) is 12.8. The van der Waals surface area contributed by atoms with Crippen LogP contribution in [0.5, 0.6) is 5.75 Å². The van der Waals surface area contributed by atoms with Crippen LogP contribution in [0.2, 0.25) is 0 Å². The van der Waals surface area contributed by atoms with Gasteiger partial charge < -0.3 is 20.3 Å². The van der Waals surface area contributed by atoms with Crippen LogP contribution in [0, 0.1) is 0 Å². The number of rotatable bonds is 8. The molecule has 0 unspecified atom stereocenters. The number of piperazine rings is 1. The molecule has 3 N–H and O–H groups in total. The number of carbonyl (C=O) groups excluding carboxylic acids is 1. The van der Waals surface area contributed by atoms with Crippen molar-refractivity contribution >= 4 is 43.8 Å². The number of thiazole rings is 1. The van der Waals surface area contributed by atoms with Crippen LogP contribution >= 0.6 is 11.3 Å². The Labute approximate surface area is 260 Å². The second kappa shape index (κ2) is 12.4. The molecule has 44 heavy (non-hydrogen) atoms. The van der Waals surface area contributed by atoms with Crippen LogP contribution in [0.25, 0.3) is 22.4 Å². The average Bonchev–Trinajstić information content (AvgIpc) is 3.56. The SMILES string of the molecule is COc1ccc(C(=O)N2CCN(c3nc(-c4ccccc4)cs3)CC2)c(NS(=O)(=O)c2ccc(-c3ccccc3)c(N)c2)c1. The zero-order valence-corrected chi connectivity index (χ0v) is 25.6. The van der Waals surface area contributed by atoms with Crippen LogP contribution in [-0.2, 0) is 10.0 Å². The van der Waals surface area contributed by atoms with Crippen molar-refractivity contribution in [3.05, 3.63) is 108 Å². The highest BCUT2D eigenvalue weighted by atomic mass is 32.2.